The van der Waals surface area contributed by atoms with Crippen molar-refractivity contribution in [2.45, 2.75) is 32.8 Å². The molecular weight excluding hydrogens is 235 g/mol. The van der Waals surface area contributed by atoms with Crippen LogP contribution in [0.2, 0.25) is 0 Å². The van der Waals surface area contributed by atoms with Gasteiger partial charge in [0, 0.05) is 12.2 Å². The number of nitrogens with one attached hydrogen (secondary N) is 2. The molecule has 1 aromatic carbocycles. The van der Waals surface area contributed by atoms with Gasteiger partial charge in [0.2, 0.25) is 0 Å². The van der Waals surface area contributed by atoms with Crippen LogP contribution in [-0.2, 0) is 11.2 Å². The molecule has 2 N–H and O–H groups in total. The summed E-state index contributed by atoms with van der Waals surface area (Å²) in [5.41, 5.74) is 1.26. The van der Waals surface area contributed by atoms with E-state index in [0.717, 1.165) is 18.5 Å². The average molecular weight is 252 g/mol. The predicted molar refractivity (Wildman–Crippen MR) is 68.5 cm³/mol. The second-order valence-corrected chi connectivity index (χ2v) is 5.30. The number of benzene rings is 1. The van der Waals surface area contributed by atoms with E-state index in [0.29, 0.717) is 11.4 Å². The Hall–Kier alpha value is -1.78. The molecule has 0 fully saturated rings. The summed E-state index contributed by atoms with van der Waals surface area (Å²) in [5, 5.41) is 5.51. The van der Waals surface area contributed by atoms with Gasteiger partial charge in [0.1, 0.15) is 11.4 Å². The Morgan fingerprint density at radius 1 is 1.44 bits per heavy atom. The molecule has 18 heavy (non-hydrogen) atoms. The number of rotatable bonds is 1. The largest absolute Gasteiger partial charge is 0.444 e. The molecule has 1 aliphatic rings. The number of carbonyl (C=O) groups excluding carboxylic acids is 1. The summed E-state index contributed by atoms with van der Waals surface area (Å²) in [4.78, 5) is 11.6. The van der Waals surface area contributed by atoms with Crippen molar-refractivity contribution < 1.29 is 13.9 Å². The van der Waals surface area contributed by atoms with Gasteiger partial charge in [-0.25, -0.2) is 9.18 Å². The van der Waals surface area contributed by atoms with Gasteiger partial charge in [-0.1, -0.05) is 0 Å². The SMILES string of the molecule is CC(C)(C)OC(=O)Nc1cc(F)c2c(c1)CCN2. The zero-order valence-electron chi connectivity index (χ0n) is 10.8. The van der Waals surface area contributed by atoms with Crippen LogP contribution in [0.4, 0.5) is 20.6 Å². The quantitative estimate of drug-likeness (QED) is 0.807. The first-order valence-corrected chi connectivity index (χ1v) is 5.91. The van der Waals surface area contributed by atoms with Gasteiger partial charge in [0.15, 0.2) is 0 Å². The van der Waals surface area contributed by atoms with E-state index < -0.39 is 11.7 Å². The third-order valence-corrected chi connectivity index (χ3v) is 2.51. The van der Waals surface area contributed by atoms with E-state index in [9.17, 15) is 9.18 Å². The van der Waals surface area contributed by atoms with Gasteiger partial charge in [0.05, 0.1) is 5.69 Å². The molecule has 1 aliphatic heterocycles. The summed E-state index contributed by atoms with van der Waals surface area (Å²) in [7, 11) is 0. The molecule has 98 valence electrons. The first-order chi connectivity index (χ1) is 8.35. The molecular formula is C13H17FN2O2. The van der Waals surface area contributed by atoms with Crippen LogP contribution in [0, 0.1) is 5.82 Å². The summed E-state index contributed by atoms with van der Waals surface area (Å²) in [6, 6.07) is 3.06. The van der Waals surface area contributed by atoms with E-state index in [1.807, 2.05) is 0 Å². The number of amides is 1. The molecule has 0 bridgehead atoms. The molecule has 0 radical (unpaired) electrons. The van der Waals surface area contributed by atoms with Crippen molar-refractivity contribution in [3.8, 4) is 0 Å². The van der Waals surface area contributed by atoms with Crippen LogP contribution in [0.5, 0.6) is 0 Å². The maximum atomic E-state index is 13.7. The van der Waals surface area contributed by atoms with Crippen LogP contribution >= 0.6 is 0 Å². The fourth-order valence-corrected chi connectivity index (χ4v) is 1.87. The first-order valence-electron chi connectivity index (χ1n) is 5.91. The molecule has 1 heterocycles. The Bertz CT molecular complexity index is 481. The fourth-order valence-electron chi connectivity index (χ4n) is 1.87. The van der Waals surface area contributed by atoms with Gasteiger partial charge < -0.3 is 10.1 Å². The van der Waals surface area contributed by atoms with Crippen molar-refractivity contribution in [3.63, 3.8) is 0 Å². The number of anilines is 2. The third kappa shape index (κ3) is 2.91. The van der Waals surface area contributed by atoms with E-state index in [1.54, 1.807) is 26.8 Å². The molecule has 1 aromatic rings. The number of carbonyl (C=O) groups is 1. The summed E-state index contributed by atoms with van der Waals surface area (Å²) in [6.07, 6.45) is 0.184. The molecule has 5 heteroatoms. The van der Waals surface area contributed by atoms with Gasteiger partial charge in [-0.2, -0.15) is 0 Å². The van der Waals surface area contributed by atoms with E-state index in [4.69, 9.17) is 4.74 Å². The number of hydrogen-bond acceptors (Lipinski definition) is 3. The van der Waals surface area contributed by atoms with Crippen LogP contribution in [0.25, 0.3) is 0 Å². The molecule has 0 saturated carbocycles. The molecule has 0 aliphatic carbocycles. The lowest BCUT2D eigenvalue weighted by molar-refractivity contribution is 0.0636. The van der Waals surface area contributed by atoms with Crippen LogP contribution in [0.1, 0.15) is 26.3 Å². The normalized spacial score (nSPS) is 13.8. The molecule has 1 amide bonds. The molecule has 0 unspecified atom stereocenters. The highest BCUT2D eigenvalue weighted by Crippen LogP contribution is 2.29. The van der Waals surface area contributed by atoms with Gasteiger partial charge in [-0.15, -0.1) is 0 Å². The lowest BCUT2D eigenvalue weighted by Crippen LogP contribution is -2.27. The van der Waals surface area contributed by atoms with Crippen molar-refractivity contribution in [2.24, 2.45) is 0 Å². The first kappa shape index (κ1) is 12.7. The number of ether oxygens (including phenoxy) is 1. The molecule has 0 aromatic heterocycles. The lowest BCUT2D eigenvalue weighted by atomic mass is 10.1. The van der Waals surface area contributed by atoms with Crippen molar-refractivity contribution in [1.29, 1.82) is 0 Å². The van der Waals surface area contributed by atoms with Crippen LogP contribution in [0.3, 0.4) is 0 Å². The van der Waals surface area contributed by atoms with Gasteiger partial charge in [0.25, 0.3) is 0 Å². The number of halogens is 1. The van der Waals surface area contributed by atoms with E-state index >= 15 is 0 Å². The third-order valence-electron chi connectivity index (χ3n) is 2.51. The van der Waals surface area contributed by atoms with Crippen molar-refractivity contribution >= 4 is 17.5 Å². The molecule has 0 spiro atoms. The molecule has 0 saturated heterocycles. The molecule has 4 nitrogen and oxygen atoms in total. The summed E-state index contributed by atoms with van der Waals surface area (Å²) < 4.78 is 18.8. The van der Waals surface area contributed by atoms with Crippen LogP contribution in [0.15, 0.2) is 12.1 Å². The number of hydrogen-bond donors (Lipinski definition) is 2. The number of fused-ring (bicyclic) bond motifs is 1. The lowest BCUT2D eigenvalue weighted by Gasteiger charge is -2.19. The Morgan fingerprint density at radius 3 is 2.83 bits per heavy atom. The fraction of sp³-hybridized carbons (Fsp3) is 0.462. The maximum absolute atomic E-state index is 13.7. The second-order valence-electron chi connectivity index (χ2n) is 5.30. The summed E-state index contributed by atoms with van der Waals surface area (Å²) >= 11 is 0. The monoisotopic (exact) mass is 252 g/mol. The smallest absolute Gasteiger partial charge is 0.412 e. The minimum absolute atomic E-state index is 0.351. The Labute approximate surface area is 106 Å². The molecule has 0 atom stereocenters. The topological polar surface area (TPSA) is 50.4 Å². The van der Waals surface area contributed by atoms with E-state index in [-0.39, 0.29) is 5.82 Å². The zero-order chi connectivity index (χ0) is 13.3. The van der Waals surface area contributed by atoms with Crippen molar-refractivity contribution in [2.75, 3.05) is 17.2 Å². The van der Waals surface area contributed by atoms with Gasteiger partial charge in [-0.3, -0.25) is 5.32 Å². The van der Waals surface area contributed by atoms with Gasteiger partial charge >= 0.3 is 6.09 Å². The minimum Gasteiger partial charge on any atom is -0.444 e. The Kier molecular flexibility index (Phi) is 3.15. The predicted octanol–water partition coefficient (Wildman–Crippen LogP) is 3.14. The second kappa shape index (κ2) is 4.48. The van der Waals surface area contributed by atoms with Gasteiger partial charge in [-0.05, 0) is 44.9 Å². The summed E-state index contributed by atoms with van der Waals surface area (Å²) in [6.45, 7) is 6.06. The standard InChI is InChI=1S/C13H17FN2O2/c1-13(2,3)18-12(17)16-9-6-8-4-5-15-11(8)10(14)7-9/h6-7,15H,4-5H2,1-3H3,(H,16,17). The van der Waals surface area contributed by atoms with Crippen molar-refractivity contribution in [3.05, 3.63) is 23.5 Å². The highest BCUT2D eigenvalue weighted by atomic mass is 19.1. The average Bonchev–Trinajstić information content (AvgIpc) is 2.62. The summed E-state index contributed by atoms with van der Waals surface area (Å²) in [5.74, 6) is -0.351. The maximum Gasteiger partial charge on any atom is 0.412 e. The van der Waals surface area contributed by atoms with Crippen molar-refractivity contribution in [1.82, 2.24) is 0 Å². The Morgan fingerprint density at radius 2 is 2.17 bits per heavy atom. The van der Waals surface area contributed by atoms with Crippen LogP contribution < -0.4 is 10.6 Å². The van der Waals surface area contributed by atoms with E-state index in [1.165, 1.54) is 6.07 Å². The Balaban J connectivity index is 2.11. The highest BCUT2D eigenvalue weighted by molar-refractivity contribution is 5.85. The highest BCUT2D eigenvalue weighted by Gasteiger charge is 2.19. The molecule has 2 rings (SSSR count). The minimum atomic E-state index is -0.576. The van der Waals surface area contributed by atoms with E-state index in [2.05, 4.69) is 10.6 Å². The zero-order valence-corrected chi connectivity index (χ0v) is 10.8. The van der Waals surface area contributed by atoms with Crippen LogP contribution in [-0.4, -0.2) is 18.2 Å².